The lowest BCUT2D eigenvalue weighted by molar-refractivity contribution is -0.151. The van der Waals surface area contributed by atoms with Crippen LogP contribution in [0.1, 0.15) is 25.3 Å². The maximum atomic E-state index is 13.3. The number of likely N-dealkylation sites (tertiary alicyclic amines) is 1. The minimum atomic E-state index is -4.16. The minimum absolute atomic E-state index is 0.0566. The monoisotopic (exact) mass is 465 g/mol. The van der Waals surface area contributed by atoms with Gasteiger partial charge in [-0.1, -0.05) is 0 Å². The maximum Gasteiger partial charge on any atom is 0.345 e. The largest absolute Gasteiger partial charge is 0.497 e. The van der Waals surface area contributed by atoms with Crippen LogP contribution in [0, 0.1) is 5.92 Å². The van der Waals surface area contributed by atoms with Gasteiger partial charge in [-0.05, 0) is 44.0 Å². The molecule has 0 bridgehead atoms. The van der Waals surface area contributed by atoms with Crippen LogP contribution in [-0.2, 0) is 24.5 Å². The molecule has 2 aliphatic heterocycles. The SMILES string of the molecule is CCOC(=O)[C@@H]1CCCN(C(=O)C2=CC(c3cc(OC)ccc3OC)=NS(=O)(=O)N2C)C1. The van der Waals surface area contributed by atoms with Gasteiger partial charge in [-0.15, -0.1) is 4.40 Å². The summed E-state index contributed by atoms with van der Waals surface area (Å²) in [5, 5.41) is 0. The average molecular weight is 466 g/mol. The zero-order valence-corrected chi connectivity index (χ0v) is 19.3. The molecule has 1 saturated heterocycles. The highest BCUT2D eigenvalue weighted by Gasteiger charge is 2.36. The smallest absolute Gasteiger partial charge is 0.345 e. The Labute approximate surface area is 187 Å². The number of nitrogens with zero attached hydrogens (tertiary/aromatic N) is 3. The van der Waals surface area contributed by atoms with E-state index in [4.69, 9.17) is 14.2 Å². The Hall–Kier alpha value is -3.08. The Morgan fingerprint density at radius 1 is 1.22 bits per heavy atom. The maximum absolute atomic E-state index is 13.3. The molecule has 0 N–H and O–H groups in total. The normalized spacial score (nSPS) is 20.2. The van der Waals surface area contributed by atoms with Gasteiger partial charge in [-0.25, -0.2) is 4.31 Å². The lowest BCUT2D eigenvalue weighted by Crippen LogP contribution is -2.46. The summed E-state index contributed by atoms with van der Waals surface area (Å²) < 4.78 is 45.9. The zero-order chi connectivity index (χ0) is 23.5. The Morgan fingerprint density at radius 3 is 2.62 bits per heavy atom. The Bertz CT molecular complexity index is 1070. The number of allylic oxidation sites excluding steroid dienone is 1. The van der Waals surface area contributed by atoms with Crippen molar-refractivity contribution >= 4 is 27.8 Å². The van der Waals surface area contributed by atoms with E-state index in [1.54, 1.807) is 25.1 Å². The van der Waals surface area contributed by atoms with Gasteiger partial charge in [0.25, 0.3) is 5.91 Å². The first-order chi connectivity index (χ1) is 15.2. The molecule has 0 spiro atoms. The molecule has 0 saturated carbocycles. The van der Waals surface area contributed by atoms with Crippen molar-refractivity contribution in [3.05, 3.63) is 35.5 Å². The lowest BCUT2D eigenvalue weighted by Gasteiger charge is -2.34. The van der Waals surface area contributed by atoms with Gasteiger partial charge >= 0.3 is 16.2 Å². The van der Waals surface area contributed by atoms with Crippen LogP contribution >= 0.6 is 0 Å². The Kier molecular flexibility index (Phi) is 7.07. The number of hydrogen-bond acceptors (Lipinski definition) is 7. The van der Waals surface area contributed by atoms with Crippen molar-refractivity contribution in [2.75, 3.05) is 41.0 Å². The fourth-order valence-corrected chi connectivity index (χ4v) is 4.57. The van der Waals surface area contributed by atoms with Crippen LogP contribution in [0.25, 0.3) is 0 Å². The third kappa shape index (κ3) is 4.72. The van der Waals surface area contributed by atoms with Gasteiger partial charge in [-0.2, -0.15) is 8.42 Å². The fourth-order valence-electron chi connectivity index (χ4n) is 3.67. The summed E-state index contributed by atoms with van der Waals surface area (Å²) in [6.07, 6.45) is 2.64. The van der Waals surface area contributed by atoms with Crippen LogP contribution in [0.3, 0.4) is 0 Å². The van der Waals surface area contributed by atoms with Crippen LogP contribution in [0.2, 0.25) is 0 Å². The summed E-state index contributed by atoms with van der Waals surface area (Å²) in [5.41, 5.74) is 0.363. The number of benzene rings is 1. The number of carbonyl (C=O) groups excluding carboxylic acids is 2. The number of piperidine rings is 1. The van der Waals surface area contributed by atoms with Gasteiger partial charge in [-0.3, -0.25) is 9.59 Å². The van der Waals surface area contributed by atoms with E-state index in [1.807, 2.05) is 0 Å². The van der Waals surface area contributed by atoms with Crippen molar-refractivity contribution in [2.45, 2.75) is 19.8 Å². The topological polar surface area (TPSA) is 115 Å². The van der Waals surface area contributed by atoms with E-state index in [0.29, 0.717) is 36.4 Å². The highest BCUT2D eigenvalue weighted by molar-refractivity contribution is 7.88. The Balaban J connectivity index is 1.97. The number of amides is 1. The van der Waals surface area contributed by atoms with Crippen molar-refractivity contribution < 1.29 is 32.2 Å². The van der Waals surface area contributed by atoms with Gasteiger partial charge < -0.3 is 19.1 Å². The first kappa shape index (κ1) is 23.6. The molecule has 0 aromatic heterocycles. The molecule has 1 atom stereocenters. The van der Waals surface area contributed by atoms with Crippen molar-refractivity contribution in [2.24, 2.45) is 10.3 Å². The number of likely N-dealkylation sites (N-methyl/N-ethyl adjacent to an activating group) is 1. The third-order valence-corrected chi connectivity index (χ3v) is 6.72. The molecule has 0 aliphatic carbocycles. The van der Waals surface area contributed by atoms with Gasteiger partial charge in [0.15, 0.2) is 0 Å². The molecule has 1 fully saturated rings. The fraction of sp³-hybridized carbons (Fsp3) is 0.476. The van der Waals surface area contributed by atoms with Crippen molar-refractivity contribution in [3.63, 3.8) is 0 Å². The number of ether oxygens (including phenoxy) is 3. The number of carbonyl (C=O) groups is 2. The second-order valence-corrected chi connectivity index (χ2v) is 8.99. The van der Waals surface area contributed by atoms with Crippen LogP contribution in [0.4, 0.5) is 0 Å². The summed E-state index contributed by atoms with van der Waals surface area (Å²) in [6.45, 7) is 2.56. The third-order valence-electron chi connectivity index (χ3n) is 5.40. The van der Waals surface area contributed by atoms with Crippen LogP contribution < -0.4 is 9.47 Å². The molecule has 11 heteroatoms. The minimum Gasteiger partial charge on any atom is -0.497 e. The van der Waals surface area contributed by atoms with Crippen LogP contribution in [0.15, 0.2) is 34.4 Å². The molecule has 0 unspecified atom stereocenters. The van der Waals surface area contributed by atoms with E-state index < -0.39 is 22.0 Å². The van der Waals surface area contributed by atoms with E-state index in [9.17, 15) is 18.0 Å². The predicted molar refractivity (Wildman–Crippen MR) is 117 cm³/mol. The number of hydrogen-bond donors (Lipinski definition) is 0. The first-order valence-electron chi connectivity index (χ1n) is 10.2. The summed E-state index contributed by atoms with van der Waals surface area (Å²) in [4.78, 5) is 27.0. The molecule has 174 valence electrons. The number of esters is 1. The molecular weight excluding hydrogens is 438 g/mol. The summed E-state index contributed by atoms with van der Waals surface area (Å²) in [5.74, 6) is -0.432. The first-order valence-corrected chi connectivity index (χ1v) is 11.6. The summed E-state index contributed by atoms with van der Waals surface area (Å²) in [6, 6.07) is 4.89. The Morgan fingerprint density at radius 2 is 1.97 bits per heavy atom. The average Bonchev–Trinajstić information content (AvgIpc) is 2.80. The second kappa shape index (κ2) is 9.60. The van der Waals surface area contributed by atoms with E-state index >= 15 is 0 Å². The van der Waals surface area contributed by atoms with E-state index in [1.165, 1.54) is 32.2 Å². The summed E-state index contributed by atoms with van der Waals surface area (Å²) >= 11 is 0. The molecule has 10 nitrogen and oxygen atoms in total. The van der Waals surface area contributed by atoms with E-state index in [-0.39, 0.29) is 30.5 Å². The molecule has 1 aromatic carbocycles. The van der Waals surface area contributed by atoms with Gasteiger partial charge in [0.2, 0.25) is 0 Å². The highest BCUT2D eigenvalue weighted by atomic mass is 32.2. The van der Waals surface area contributed by atoms with Crippen LogP contribution in [0.5, 0.6) is 11.5 Å². The highest BCUT2D eigenvalue weighted by Crippen LogP contribution is 2.30. The zero-order valence-electron chi connectivity index (χ0n) is 18.5. The molecule has 32 heavy (non-hydrogen) atoms. The molecule has 1 amide bonds. The number of rotatable bonds is 6. The van der Waals surface area contributed by atoms with Crippen molar-refractivity contribution in [3.8, 4) is 11.5 Å². The quantitative estimate of drug-likeness (QED) is 0.583. The molecule has 1 aromatic rings. The molecular formula is C21H27N3O7S. The standard InChI is InChI=1S/C21H27N3O7S/c1-5-31-21(26)14-7-6-10-24(13-14)20(25)18-12-17(22-32(27,28)23(18)2)16-11-15(29-3)8-9-19(16)30-4/h8-9,11-12,14H,5-7,10,13H2,1-4H3/t14-/m1/s1. The van der Waals surface area contributed by atoms with Crippen LogP contribution in [-0.4, -0.2) is 76.2 Å². The molecule has 2 aliphatic rings. The molecule has 2 heterocycles. The van der Waals surface area contributed by atoms with Gasteiger partial charge in [0.1, 0.15) is 17.2 Å². The lowest BCUT2D eigenvalue weighted by atomic mass is 9.97. The van der Waals surface area contributed by atoms with Gasteiger partial charge in [0, 0.05) is 25.7 Å². The molecule has 3 rings (SSSR count). The predicted octanol–water partition coefficient (Wildman–Crippen LogP) is 1.37. The van der Waals surface area contributed by atoms with Gasteiger partial charge in [0.05, 0.1) is 32.5 Å². The van der Waals surface area contributed by atoms with E-state index in [2.05, 4.69) is 4.40 Å². The summed E-state index contributed by atoms with van der Waals surface area (Å²) in [7, 11) is 0.0544. The molecule has 0 radical (unpaired) electrons. The number of methoxy groups -OCH3 is 2. The van der Waals surface area contributed by atoms with Crippen molar-refractivity contribution in [1.82, 2.24) is 9.21 Å². The van der Waals surface area contributed by atoms with E-state index in [0.717, 1.165) is 4.31 Å². The van der Waals surface area contributed by atoms with Crippen molar-refractivity contribution in [1.29, 1.82) is 0 Å². The second-order valence-electron chi connectivity index (χ2n) is 7.36.